The molecule has 1 aromatic carbocycles. The Kier molecular flexibility index (Phi) is 3.48. The highest BCUT2D eigenvalue weighted by molar-refractivity contribution is 7.17. The minimum atomic E-state index is -0.139. The van der Waals surface area contributed by atoms with E-state index in [-0.39, 0.29) is 24.4 Å². The molecule has 0 saturated carbocycles. The first kappa shape index (κ1) is 12.8. The van der Waals surface area contributed by atoms with Crippen molar-refractivity contribution in [3.8, 4) is 0 Å². The third-order valence-electron chi connectivity index (χ3n) is 3.15. The first-order chi connectivity index (χ1) is 9.74. The van der Waals surface area contributed by atoms with Crippen LogP contribution in [0, 0.1) is 0 Å². The Labute approximate surface area is 119 Å². The first-order valence-electron chi connectivity index (χ1n) is 6.31. The van der Waals surface area contributed by atoms with Gasteiger partial charge in [0.25, 0.3) is 0 Å². The third-order valence-corrected chi connectivity index (χ3v) is 4.05. The molecule has 0 bridgehead atoms. The van der Waals surface area contributed by atoms with Gasteiger partial charge >= 0.3 is 0 Å². The fourth-order valence-electron chi connectivity index (χ4n) is 2.07. The van der Waals surface area contributed by atoms with E-state index in [0.717, 1.165) is 10.1 Å². The van der Waals surface area contributed by atoms with E-state index in [1.165, 1.54) is 6.26 Å². The summed E-state index contributed by atoms with van der Waals surface area (Å²) in [5.74, 6) is 0.157. The fraction of sp³-hybridized carbons (Fsp3) is 0.125. The standard InChI is InChI=1S/C16H12O3S/c17-13(4-5-14(18)15-2-1-8-19-15)11-3-6-16-12(10-11)7-9-20-16/h1-3,6-10H,4-5H2. The van der Waals surface area contributed by atoms with Crippen LogP contribution in [0.4, 0.5) is 0 Å². The largest absolute Gasteiger partial charge is 0.461 e. The summed E-state index contributed by atoms with van der Waals surface area (Å²) in [4.78, 5) is 23.9. The van der Waals surface area contributed by atoms with Crippen molar-refractivity contribution in [2.75, 3.05) is 0 Å². The van der Waals surface area contributed by atoms with Crippen molar-refractivity contribution in [2.45, 2.75) is 12.8 Å². The highest BCUT2D eigenvalue weighted by Crippen LogP contribution is 2.22. The van der Waals surface area contributed by atoms with Crippen LogP contribution in [0.25, 0.3) is 10.1 Å². The highest BCUT2D eigenvalue weighted by atomic mass is 32.1. The van der Waals surface area contributed by atoms with Crippen molar-refractivity contribution in [3.05, 3.63) is 59.4 Å². The summed E-state index contributed by atoms with van der Waals surface area (Å²) in [7, 11) is 0. The van der Waals surface area contributed by atoms with Crippen LogP contribution < -0.4 is 0 Å². The number of fused-ring (bicyclic) bond motifs is 1. The maximum Gasteiger partial charge on any atom is 0.198 e. The van der Waals surface area contributed by atoms with Crippen LogP contribution in [0.3, 0.4) is 0 Å². The lowest BCUT2D eigenvalue weighted by Gasteiger charge is -2.00. The van der Waals surface area contributed by atoms with E-state index in [4.69, 9.17) is 4.42 Å². The van der Waals surface area contributed by atoms with Crippen LogP contribution in [0.15, 0.2) is 52.5 Å². The van der Waals surface area contributed by atoms with Gasteiger partial charge in [-0.2, -0.15) is 0 Å². The molecule has 4 heteroatoms. The maximum absolute atomic E-state index is 12.1. The number of hydrogen-bond acceptors (Lipinski definition) is 4. The van der Waals surface area contributed by atoms with E-state index in [0.29, 0.717) is 11.3 Å². The maximum atomic E-state index is 12.1. The van der Waals surface area contributed by atoms with Crippen molar-refractivity contribution in [1.82, 2.24) is 0 Å². The zero-order valence-electron chi connectivity index (χ0n) is 10.7. The van der Waals surface area contributed by atoms with Gasteiger partial charge in [0.2, 0.25) is 0 Å². The Morgan fingerprint density at radius 1 is 1.05 bits per heavy atom. The normalized spacial score (nSPS) is 10.8. The molecule has 0 saturated heterocycles. The second kappa shape index (κ2) is 5.43. The number of furan rings is 1. The first-order valence-corrected chi connectivity index (χ1v) is 7.19. The van der Waals surface area contributed by atoms with Crippen LogP contribution in [0.2, 0.25) is 0 Å². The van der Waals surface area contributed by atoms with E-state index in [1.54, 1.807) is 23.5 Å². The number of ketones is 2. The molecule has 0 unspecified atom stereocenters. The second-order valence-electron chi connectivity index (χ2n) is 4.50. The Balaban J connectivity index is 1.68. The lowest BCUT2D eigenvalue weighted by molar-refractivity contribution is 0.0902. The van der Waals surface area contributed by atoms with Crippen LogP contribution >= 0.6 is 11.3 Å². The monoisotopic (exact) mass is 284 g/mol. The van der Waals surface area contributed by atoms with Crippen LogP contribution in [0.1, 0.15) is 33.8 Å². The molecule has 0 N–H and O–H groups in total. The average molecular weight is 284 g/mol. The van der Waals surface area contributed by atoms with Crippen LogP contribution in [0.5, 0.6) is 0 Å². The van der Waals surface area contributed by atoms with E-state index >= 15 is 0 Å². The lowest BCUT2D eigenvalue weighted by Crippen LogP contribution is -2.04. The Bertz CT molecular complexity index is 753. The number of Topliss-reactive ketones (excluding diaryl/α,β-unsaturated/α-hetero) is 2. The van der Waals surface area contributed by atoms with Gasteiger partial charge in [0.15, 0.2) is 17.3 Å². The zero-order valence-corrected chi connectivity index (χ0v) is 11.5. The molecule has 3 rings (SSSR count). The zero-order chi connectivity index (χ0) is 13.9. The summed E-state index contributed by atoms with van der Waals surface area (Å²) in [6.07, 6.45) is 1.84. The number of benzene rings is 1. The van der Waals surface area contributed by atoms with Gasteiger partial charge in [0.05, 0.1) is 6.26 Å². The van der Waals surface area contributed by atoms with Gasteiger partial charge in [-0.15, -0.1) is 11.3 Å². The molecule has 0 fully saturated rings. The van der Waals surface area contributed by atoms with Crippen molar-refractivity contribution in [3.63, 3.8) is 0 Å². The second-order valence-corrected chi connectivity index (χ2v) is 5.44. The van der Waals surface area contributed by atoms with Gasteiger partial charge in [-0.3, -0.25) is 9.59 Å². The minimum Gasteiger partial charge on any atom is -0.461 e. The van der Waals surface area contributed by atoms with E-state index in [1.807, 2.05) is 29.6 Å². The predicted octanol–water partition coefficient (Wildman–Crippen LogP) is 4.34. The molecule has 2 heterocycles. The summed E-state index contributed by atoms with van der Waals surface area (Å²) in [5.41, 5.74) is 0.656. The number of thiophene rings is 1. The molecule has 0 atom stereocenters. The van der Waals surface area contributed by atoms with Gasteiger partial charge in [-0.25, -0.2) is 0 Å². The minimum absolute atomic E-state index is 0.0157. The number of hydrogen-bond donors (Lipinski definition) is 0. The molecule has 100 valence electrons. The molecule has 20 heavy (non-hydrogen) atoms. The van der Waals surface area contributed by atoms with Gasteiger partial charge in [-0.1, -0.05) is 0 Å². The van der Waals surface area contributed by atoms with E-state index in [9.17, 15) is 9.59 Å². The van der Waals surface area contributed by atoms with Crippen molar-refractivity contribution < 1.29 is 14.0 Å². The quantitative estimate of drug-likeness (QED) is 0.655. The van der Waals surface area contributed by atoms with Crippen molar-refractivity contribution in [2.24, 2.45) is 0 Å². The molecule has 0 amide bonds. The fourth-order valence-corrected chi connectivity index (χ4v) is 2.84. The SMILES string of the molecule is O=C(CCC(=O)c1ccco1)c1ccc2sccc2c1. The molecular weight excluding hydrogens is 272 g/mol. The molecule has 2 aromatic heterocycles. The average Bonchev–Trinajstić information content (AvgIpc) is 3.13. The number of carbonyl (C=O) groups excluding carboxylic acids is 2. The summed E-state index contributed by atoms with van der Waals surface area (Å²) in [5, 5.41) is 3.07. The highest BCUT2D eigenvalue weighted by Gasteiger charge is 2.13. The lowest BCUT2D eigenvalue weighted by atomic mass is 10.0. The topological polar surface area (TPSA) is 47.3 Å². The Hall–Kier alpha value is -2.20. The molecule has 3 aromatic rings. The molecule has 0 aliphatic carbocycles. The van der Waals surface area contributed by atoms with Crippen molar-refractivity contribution in [1.29, 1.82) is 0 Å². The van der Waals surface area contributed by atoms with Crippen LogP contribution in [-0.2, 0) is 0 Å². The molecule has 0 aliphatic heterocycles. The Morgan fingerprint density at radius 2 is 1.90 bits per heavy atom. The van der Waals surface area contributed by atoms with Gasteiger partial charge in [0, 0.05) is 23.1 Å². The summed E-state index contributed by atoms with van der Waals surface area (Å²) in [6, 6.07) is 10.9. The molecule has 0 spiro atoms. The molecular formula is C16H12O3S. The van der Waals surface area contributed by atoms with E-state index in [2.05, 4.69) is 0 Å². The number of carbonyl (C=O) groups is 2. The Morgan fingerprint density at radius 3 is 2.70 bits per heavy atom. The van der Waals surface area contributed by atoms with Gasteiger partial charge in [-0.05, 0) is 47.2 Å². The third kappa shape index (κ3) is 2.56. The van der Waals surface area contributed by atoms with E-state index < -0.39 is 0 Å². The molecule has 0 radical (unpaired) electrons. The van der Waals surface area contributed by atoms with Crippen molar-refractivity contribution >= 4 is 33.0 Å². The van der Waals surface area contributed by atoms with Gasteiger partial charge in [0.1, 0.15) is 0 Å². The predicted molar refractivity (Wildman–Crippen MR) is 78.4 cm³/mol. The smallest absolute Gasteiger partial charge is 0.198 e. The molecule has 3 nitrogen and oxygen atoms in total. The summed E-state index contributed by atoms with van der Waals surface area (Å²) < 4.78 is 6.18. The van der Waals surface area contributed by atoms with Gasteiger partial charge < -0.3 is 4.42 Å². The summed E-state index contributed by atoms with van der Waals surface area (Å²) >= 11 is 1.65. The molecule has 0 aliphatic rings. The summed E-state index contributed by atoms with van der Waals surface area (Å²) in [6.45, 7) is 0. The van der Waals surface area contributed by atoms with Crippen LogP contribution in [-0.4, -0.2) is 11.6 Å². The number of rotatable bonds is 5.